The van der Waals surface area contributed by atoms with Crippen LogP contribution >= 0.6 is 0 Å². The van der Waals surface area contributed by atoms with Gasteiger partial charge in [-0.15, -0.1) is 0 Å². The highest BCUT2D eigenvalue weighted by Crippen LogP contribution is 2.29. The van der Waals surface area contributed by atoms with Crippen LogP contribution in [-0.4, -0.2) is 54.4 Å². The first kappa shape index (κ1) is 14.1. The van der Waals surface area contributed by atoms with E-state index >= 15 is 0 Å². The van der Waals surface area contributed by atoms with Gasteiger partial charge in [0, 0.05) is 26.2 Å². The van der Waals surface area contributed by atoms with Crippen LogP contribution in [0.3, 0.4) is 0 Å². The molecule has 0 aromatic carbocycles. The molecule has 2 rings (SSSR count). The van der Waals surface area contributed by atoms with Gasteiger partial charge in [0.1, 0.15) is 0 Å². The van der Waals surface area contributed by atoms with Crippen molar-refractivity contribution in [2.24, 2.45) is 5.41 Å². The summed E-state index contributed by atoms with van der Waals surface area (Å²) in [6.45, 7) is 3.88. The van der Waals surface area contributed by atoms with Crippen molar-refractivity contribution in [3.8, 4) is 0 Å². The largest absolute Gasteiger partial charge is 0.481 e. The number of rotatable bonds is 3. The number of carboxylic acid groups (broad SMARTS) is 1. The van der Waals surface area contributed by atoms with Crippen LogP contribution in [0.15, 0.2) is 0 Å². The minimum Gasteiger partial charge on any atom is -0.481 e. The summed E-state index contributed by atoms with van der Waals surface area (Å²) < 4.78 is 5.44. The van der Waals surface area contributed by atoms with E-state index in [4.69, 9.17) is 4.74 Å². The monoisotopic (exact) mass is 270 g/mol. The molecule has 2 unspecified atom stereocenters. The lowest BCUT2D eigenvalue weighted by Crippen LogP contribution is -2.52. The van der Waals surface area contributed by atoms with Crippen molar-refractivity contribution >= 4 is 12.0 Å². The summed E-state index contributed by atoms with van der Waals surface area (Å²) in [4.78, 5) is 24.9. The number of nitrogens with one attached hydrogen (secondary N) is 1. The number of urea groups is 1. The second kappa shape index (κ2) is 5.77. The molecule has 0 aliphatic carbocycles. The lowest BCUT2D eigenvalue weighted by atomic mass is 9.82. The van der Waals surface area contributed by atoms with E-state index in [1.807, 2.05) is 0 Å². The first-order valence-corrected chi connectivity index (χ1v) is 6.89. The molecule has 2 saturated heterocycles. The van der Waals surface area contributed by atoms with Crippen molar-refractivity contribution in [3.63, 3.8) is 0 Å². The number of amides is 2. The molecule has 0 aromatic heterocycles. The fraction of sp³-hybridized carbons (Fsp3) is 0.846. The molecule has 0 saturated carbocycles. The zero-order valence-corrected chi connectivity index (χ0v) is 11.4. The summed E-state index contributed by atoms with van der Waals surface area (Å²) in [5, 5.41) is 12.1. The number of nitrogens with zero attached hydrogens (tertiary/aromatic N) is 1. The molecule has 2 aliphatic heterocycles. The van der Waals surface area contributed by atoms with Crippen molar-refractivity contribution in [2.45, 2.75) is 38.7 Å². The Bertz CT molecular complexity index is 355. The number of carbonyl (C=O) groups excluding carboxylic acids is 1. The average molecular weight is 270 g/mol. The Morgan fingerprint density at radius 2 is 2.26 bits per heavy atom. The molecule has 2 amide bonds. The first-order valence-electron chi connectivity index (χ1n) is 6.89. The first-order chi connectivity index (χ1) is 9.01. The SMILES string of the molecule is CC1(C(=O)O)CCCN(C(=O)NCC2CCCO2)C1. The smallest absolute Gasteiger partial charge is 0.317 e. The van der Waals surface area contributed by atoms with Gasteiger partial charge in [0.05, 0.1) is 11.5 Å². The Hall–Kier alpha value is -1.30. The van der Waals surface area contributed by atoms with Gasteiger partial charge in [0.2, 0.25) is 0 Å². The van der Waals surface area contributed by atoms with Gasteiger partial charge in [-0.2, -0.15) is 0 Å². The van der Waals surface area contributed by atoms with Gasteiger partial charge >= 0.3 is 12.0 Å². The van der Waals surface area contributed by atoms with Gasteiger partial charge in [-0.3, -0.25) is 4.79 Å². The lowest BCUT2D eigenvalue weighted by Gasteiger charge is -2.37. The number of likely N-dealkylation sites (tertiary alicyclic amines) is 1. The van der Waals surface area contributed by atoms with E-state index in [1.54, 1.807) is 11.8 Å². The molecule has 2 fully saturated rings. The Labute approximate surface area is 113 Å². The molecule has 0 radical (unpaired) electrons. The molecule has 2 aliphatic rings. The minimum atomic E-state index is -0.830. The molecule has 0 spiro atoms. The summed E-state index contributed by atoms with van der Waals surface area (Å²) in [5.74, 6) is -0.830. The van der Waals surface area contributed by atoms with Crippen molar-refractivity contribution in [3.05, 3.63) is 0 Å². The van der Waals surface area contributed by atoms with Gasteiger partial charge in [-0.05, 0) is 32.6 Å². The van der Waals surface area contributed by atoms with Crippen LogP contribution in [-0.2, 0) is 9.53 Å². The minimum absolute atomic E-state index is 0.111. The fourth-order valence-corrected chi connectivity index (χ4v) is 2.71. The third-order valence-corrected chi connectivity index (χ3v) is 4.00. The maximum absolute atomic E-state index is 12.0. The summed E-state index contributed by atoms with van der Waals surface area (Å²) >= 11 is 0. The van der Waals surface area contributed by atoms with E-state index < -0.39 is 11.4 Å². The van der Waals surface area contributed by atoms with Crippen molar-refractivity contribution < 1.29 is 19.4 Å². The van der Waals surface area contributed by atoms with E-state index in [2.05, 4.69) is 5.32 Å². The number of carbonyl (C=O) groups is 2. The molecule has 0 bridgehead atoms. The van der Waals surface area contributed by atoms with Crippen LogP contribution in [0.1, 0.15) is 32.6 Å². The Morgan fingerprint density at radius 3 is 2.89 bits per heavy atom. The van der Waals surface area contributed by atoms with E-state index in [9.17, 15) is 14.7 Å². The van der Waals surface area contributed by atoms with Gasteiger partial charge in [-0.25, -0.2) is 4.79 Å². The Morgan fingerprint density at radius 1 is 1.47 bits per heavy atom. The average Bonchev–Trinajstić information content (AvgIpc) is 2.89. The molecule has 2 atom stereocenters. The van der Waals surface area contributed by atoms with E-state index in [0.717, 1.165) is 25.9 Å². The predicted molar refractivity (Wildman–Crippen MR) is 68.9 cm³/mol. The summed E-state index contributed by atoms with van der Waals surface area (Å²) in [6, 6.07) is -0.178. The number of ether oxygens (including phenoxy) is 1. The second-order valence-corrected chi connectivity index (χ2v) is 5.71. The number of aliphatic carboxylic acids is 1. The second-order valence-electron chi connectivity index (χ2n) is 5.71. The zero-order chi connectivity index (χ0) is 13.9. The molecular weight excluding hydrogens is 248 g/mol. The lowest BCUT2D eigenvalue weighted by molar-refractivity contribution is -0.150. The van der Waals surface area contributed by atoms with E-state index in [-0.39, 0.29) is 18.7 Å². The molecule has 2 N–H and O–H groups in total. The molecule has 0 aromatic rings. The highest BCUT2D eigenvalue weighted by molar-refractivity contribution is 5.78. The molecule has 2 heterocycles. The molecular formula is C13H22N2O4. The Kier molecular flexibility index (Phi) is 4.29. The molecule has 6 heteroatoms. The van der Waals surface area contributed by atoms with Crippen molar-refractivity contribution in [1.29, 1.82) is 0 Å². The summed E-state index contributed by atoms with van der Waals surface area (Å²) in [7, 11) is 0. The summed E-state index contributed by atoms with van der Waals surface area (Å²) in [5.41, 5.74) is -0.820. The topological polar surface area (TPSA) is 78.9 Å². The highest BCUT2D eigenvalue weighted by Gasteiger charge is 2.39. The van der Waals surface area contributed by atoms with Gasteiger partial charge in [0.25, 0.3) is 0 Å². The van der Waals surface area contributed by atoms with Crippen molar-refractivity contribution in [1.82, 2.24) is 10.2 Å². The number of hydrogen-bond acceptors (Lipinski definition) is 3. The zero-order valence-electron chi connectivity index (χ0n) is 11.4. The Balaban J connectivity index is 1.83. The molecule has 19 heavy (non-hydrogen) atoms. The van der Waals surface area contributed by atoms with Gasteiger partial charge in [0.15, 0.2) is 0 Å². The van der Waals surface area contributed by atoms with E-state index in [0.29, 0.717) is 19.5 Å². The fourth-order valence-electron chi connectivity index (χ4n) is 2.71. The predicted octanol–water partition coefficient (Wildman–Crippen LogP) is 1.06. The summed E-state index contributed by atoms with van der Waals surface area (Å²) in [6.07, 6.45) is 3.49. The number of hydrogen-bond donors (Lipinski definition) is 2. The van der Waals surface area contributed by atoms with Crippen LogP contribution in [0, 0.1) is 5.41 Å². The maximum Gasteiger partial charge on any atom is 0.317 e. The molecule has 6 nitrogen and oxygen atoms in total. The molecule has 108 valence electrons. The normalized spacial score (nSPS) is 31.2. The number of carboxylic acids is 1. The third kappa shape index (κ3) is 3.37. The standard InChI is InChI=1S/C13H22N2O4/c1-13(11(16)17)5-3-6-15(9-13)12(18)14-8-10-4-2-7-19-10/h10H,2-9H2,1H3,(H,14,18)(H,16,17). The van der Waals surface area contributed by atoms with E-state index in [1.165, 1.54) is 0 Å². The maximum atomic E-state index is 12.0. The van der Waals surface area contributed by atoms with Crippen LogP contribution in [0.4, 0.5) is 4.79 Å². The third-order valence-electron chi connectivity index (χ3n) is 4.00. The van der Waals surface area contributed by atoms with Crippen LogP contribution in [0.2, 0.25) is 0 Å². The number of piperidine rings is 1. The van der Waals surface area contributed by atoms with Gasteiger partial charge in [-0.1, -0.05) is 0 Å². The highest BCUT2D eigenvalue weighted by atomic mass is 16.5. The quantitative estimate of drug-likeness (QED) is 0.803. The van der Waals surface area contributed by atoms with Crippen LogP contribution in [0.5, 0.6) is 0 Å². The van der Waals surface area contributed by atoms with Gasteiger partial charge < -0.3 is 20.1 Å². The van der Waals surface area contributed by atoms with Crippen LogP contribution < -0.4 is 5.32 Å². The van der Waals surface area contributed by atoms with Crippen molar-refractivity contribution in [2.75, 3.05) is 26.2 Å². The van der Waals surface area contributed by atoms with Crippen LogP contribution in [0.25, 0.3) is 0 Å².